The van der Waals surface area contributed by atoms with E-state index < -0.39 is 36.0 Å². The zero-order chi connectivity index (χ0) is 34.7. The maximum Gasteiger partial charge on any atom is 0.332 e. The summed E-state index contributed by atoms with van der Waals surface area (Å²) in [5.41, 5.74) is 0.235. The lowest BCUT2D eigenvalue weighted by Crippen LogP contribution is -2.52. The van der Waals surface area contributed by atoms with Gasteiger partial charge in [-0.3, -0.25) is 14.6 Å². The quantitative estimate of drug-likeness (QED) is 0.104. The number of esters is 2. The maximum absolute atomic E-state index is 13.0. The molecule has 1 aromatic heterocycles. The summed E-state index contributed by atoms with van der Waals surface area (Å²) in [6, 6.07) is 0.942. The van der Waals surface area contributed by atoms with Crippen LogP contribution in [0.25, 0.3) is 0 Å². The molecule has 3 unspecified atom stereocenters. The van der Waals surface area contributed by atoms with Gasteiger partial charge in [-0.05, 0) is 69.9 Å². The molecule has 1 rings (SSSR count). The molecule has 0 aliphatic carbocycles. The molecule has 47 heavy (non-hydrogen) atoms. The molecule has 3 atom stereocenters. The second-order valence-electron chi connectivity index (χ2n) is 11.1. The Labute approximate surface area is 281 Å². The minimum absolute atomic E-state index is 0.209. The third-order valence-corrected chi connectivity index (χ3v) is 6.81. The fourth-order valence-corrected chi connectivity index (χ4v) is 4.14. The van der Waals surface area contributed by atoms with Crippen molar-refractivity contribution < 1.29 is 28.7 Å². The number of hydrogen-bond donors (Lipinski definition) is 2. The lowest BCUT2D eigenvalue weighted by Gasteiger charge is -2.27. The number of carbonyl (C=O) groups excluding carboxylic acids is 4. The van der Waals surface area contributed by atoms with Crippen molar-refractivity contribution in [3.05, 3.63) is 103 Å². The van der Waals surface area contributed by atoms with Gasteiger partial charge in [0.2, 0.25) is 5.91 Å². The van der Waals surface area contributed by atoms with Gasteiger partial charge in [-0.2, -0.15) is 0 Å². The fraction of sp³-hybridized carbons (Fsp3) is 0.447. The average Bonchev–Trinajstić information content (AvgIpc) is 3.06. The highest BCUT2D eigenvalue weighted by atomic mass is 16.6. The summed E-state index contributed by atoms with van der Waals surface area (Å²) in [5.74, 6) is -2.61. The SMILES string of the molecule is CC/C=C\C/C=C\C/C=C\C/C=C\C/C=C\C/C=C\CCC(=O)NC(C(=O)OC(C)C(NC(=O)c1cccnc1)C(=O)OC)C(C)C. The number of nitrogens with zero attached hydrogens (tertiary/aromatic N) is 1. The van der Waals surface area contributed by atoms with Crippen LogP contribution in [0.2, 0.25) is 0 Å². The van der Waals surface area contributed by atoms with Crippen molar-refractivity contribution in [3.8, 4) is 0 Å². The largest absolute Gasteiger partial charge is 0.467 e. The van der Waals surface area contributed by atoms with Crippen molar-refractivity contribution in [2.75, 3.05) is 7.11 Å². The Balaban J connectivity index is 2.41. The van der Waals surface area contributed by atoms with E-state index in [1.54, 1.807) is 19.9 Å². The van der Waals surface area contributed by atoms with E-state index in [0.717, 1.165) is 38.5 Å². The summed E-state index contributed by atoms with van der Waals surface area (Å²) >= 11 is 0. The van der Waals surface area contributed by atoms with Crippen LogP contribution in [0.5, 0.6) is 0 Å². The molecule has 0 fully saturated rings. The molecule has 2 amide bonds. The van der Waals surface area contributed by atoms with Crippen LogP contribution in [-0.4, -0.2) is 54.0 Å². The summed E-state index contributed by atoms with van der Waals surface area (Å²) in [4.78, 5) is 54.5. The Bertz CT molecular complexity index is 1250. The van der Waals surface area contributed by atoms with E-state index in [9.17, 15) is 19.2 Å². The third kappa shape index (κ3) is 18.9. The Morgan fingerprint density at radius 2 is 1.28 bits per heavy atom. The topological polar surface area (TPSA) is 124 Å². The molecule has 0 aliphatic rings. The van der Waals surface area contributed by atoms with Gasteiger partial charge < -0.3 is 20.1 Å². The smallest absolute Gasteiger partial charge is 0.332 e. The van der Waals surface area contributed by atoms with E-state index in [4.69, 9.17) is 9.47 Å². The number of allylic oxidation sites excluding steroid dienone is 12. The minimum atomic E-state index is -1.26. The number of carbonyl (C=O) groups is 4. The van der Waals surface area contributed by atoms with E-state index in [2.05, 4.69) is 83.3 Å². The molecule has 2 N–H and O–H groups in total. The number of nitrogens with one attached hydrogen (secondary N) is 2. The highest BCUT2D eigenvalue weighted by Gasteiger charge is 2.34. The number of rotatable bonds is 22. The van der Waals surface area contributed by atoms with Gasteiger partial charge in [0, 0.05) is 18.8 Å². The molecule has 256 valence electrons. The van der Waals surface area contributed by atoms with Gasteiger partial charge in [0.25, 0.3) is 5.91 Å². The Morgan fingerprint density at radius 3 is 1.74 bits per heavy atom. The monoisotopic (exact) mass is 647 g/mol. The molecular formula is C38H53N3O6. The van der Waals surface area contributed by atoms with Gasteiger partial charge in [-0.15, -0.1) is 0 Å². The van der Waals surface area contributed by atoms with E-state index in [1.807, 2.05) is 12.2 Å². The van der Waals surface area contributed by atoms with Crippen LogP contribution < -0.4 is 10.6 Å². The van der Waals surface area contributed by atoms with Gasteiger partial charge in [-0.25, -0.2) is 9.59 Å². The molecular weight excluding hydrogens is 594 g/mol. The molecule has 0 radical (unpaired) electrons. The first-order valence-electron chi connectivity index (χ1n) is 16.4. The highest BCUT2D eigenvalue weighted by molar-refractivity contribution is 5.96. The predicted molar refractivity (Wildman–Crippen MR) is 187 cm³/mol. The fourth-order valence-electron chi connectivity index (χ4n) is 4.14. The maximum atomic E-state index is 13.0. The number of amides is 2. The number of hydrogen-bond acceptors (Lipinski definition) is 7. The van der Waals surface area contributed by atoms with Crippen LogP contribution in [0.3, 0.4) is 0 Å². The molecule has 0 spiro atoms. The van der Waals surface area contributed by atoms with Crippen molar-refractivity contribution in [2.24, 2.45) is 5.92 Å². The molecule has 0 aliphatic heterocycles. The molecule has 0 saturated heterocycles. The first-order chi connectivity index (χ1) is 22.7. The molecule has 1 aromatic rings. The Morgan fingerprint density at radius 1 is 0.745 bits per heavy atom. The highest BCUT2D eigenvalue weighted by Crippen LogP contribution is 2.11. The molecule has 1 heterocycles. The number of methoxy groups -OCH3 is 1. The molecule has 0 bridgehead atoms. The van der Waals surface area contributed by atoms with Crippen LogP contribution in [0.4, 0.5) is 0 Å². The Hall–Kier alpha value is -4.53. The standard InChI is InChI=1S/C38H53N3O6/c1-6-7-8-9-10-11-12-13-14-15-16-17-18-19-20-21-22-23-24-27-33(42)40-34(30(2)3)38(45)47-31(4)35(37(44)46-5)41-36(43)32-26-25-28-39-29-32/h7-8,10-11,13-14,16-17,19-20,22-23,25-26,28-31,34-35H,6,9,12,15,18,21,24,27H2,1-5H3,(H,40,42)(H,41,43)/b8-7-,11-10-,14-13-,17-16-,20-19-,23-22-. The van der Waals surface area contributed by atoms with Gasteiger partial charge in [0.15, 0.2) is 6.04 Å². The van der Waals surface area contributed by atoms with Crippen LogP contribution in [-0.2, 0) is 23.9 Å². The van der Waals surface area contributed by atoms with Crippen LogP contribution in [0, 0.1) is 5.92 Å². The summed E-state index contributed by atoms with van der Waals surface area (Å²) in [6.45, 7) is 7.18. The molecule has 0 aromatic carbocycles. The Kier molecular flexibility index (Phi) is 22.1. The van der Waals surface area contributed by atoms with Gasteiger partial charge >= 0.3 is 11.9 Å². The van der Waals surface area contributed by atoms with Gasteiger partial charge in [-0.1, -0.05) is 93.7 Å². The van der Waals surface area contributed by atoms with Crippen molar-refractivity contribution in [1.82, 2.24) is 15.6 Å². The van der Waals surface area contributed by atoms with E-state index in [0.29, 0.717) is 6.42 Å². The zero-order valence-electron chi connectivity index (χ0n) is 28.6. The van der Waals surface area contributed by atoms with Crippen LogP contribution >= 0.6 is 0 Å². The summed E-state index contributed by atoms with van der Waals surface area (Å²) in [7, 11) is 1.18. The normalized spacial score (nSPS) is 14.1. The molecule has 0 saturated carbocycles. The summed E-state index contributed by atoms with van der Waals surface area (Å²) < 4.78 is 10.3. The van der Waals surface area contributed by atoms with E-state index >= 15 is 0 Å². The second kappa shape index (κ2) is 25.6. The molecule has 9 heteroatoms. The van der Waals surface area contributed by atoms with Gasteiger partial charge in [0.05, 0.1) is 12.7 Å². The molecule has 9 nitrogen and oxygen atoms in total. The number of aromatic nitrogens is 1. The van der Waals surface area contributed by atoms with Gasteiger partial charge in [0.1, 0.15) is 12.1 Å². The second-order valence-corrected chi connectivity index (χ2v) is 11.1. The first-order valence-corrected chi connectivity index (χ1v) is 16.4. The van der Waals surface area contributed by atoms with E-state index in [1.165, 1.54) is 32.5 Å². The van der Waals surface area contributed by atoms with Crippen LogP contribution in [0.1, 0.15) is 89.4 Å². The summed E-state index contributed by atoms with van der Waals surface area (Å²) in [6.07, 6.45) is 33.7. The number of ether oxygens (including phenoxy) is 2. The zero-order valence-corrected chi connectivity index (χ0v) is 28.6. The van der Waals surface area contributed by atoms with Crippen molar-refractivity contribution >= 4 is 23.8 Å². The van der Waals surface area contributed by atoms with Crippen molar-refractivity contribution in [2.45, 2.75) is 97.2 Å². The lowest BCUT2D eigenvalue weighted by atomic mass is 10.0. The minimum Gasteiger partial charge on any atom is -0.467 e. The third-order valence-electron chi connectivity index (χ3n) is 6.81. The number of pyridine rings is 1. The van der Waals surface area contributed by atoms with Crippen molar-refractivity contribution in [1.29, 1.82) is 0 Å². The first kappa shape index (κ1) is 40.5. The van der Waals surface area contributed by atoms with Crippen LogP contribution in [0.15, 0.2) is 97.4 Å². The lowest BCUT2D eigenvalue weighted by molar-refractivity contribution is -0.159. The summed E-state index contributed by atoms with van der Waals surface area (Å²) in [5, 5.41) is 5.27. The predicted octanol–water partition coefficient (Wildman–Crippen LogP) is 6.90. The average molecular weight is 648 g/mol. The van der Waals surface area contributed by atoms with Crippen molar-refractivity contribution in [3.63, 3.8) is 0 Å². The van der Waals surface area contributed by atoms with E-state index in [-0.39, 0.29) is 23.8 Å².